The molecule has 0 unspecified atom stereocenters. The Morgan fingerprint density at radius 2 is 1.81 bits per heavy atom. The molecule has 0 fully saturated rings. The maximum atomic E-state index is 12.5. The van der Waals surface area contributed by atoms with Crippen LogP contribution in [0.5, 0.6) is 11.5 Å². The van der Waals surface area contributed by atoms with Gasteiger partial charge in [-0.05, 0) is 18.2 Å². The normalized spacial score (nSPS) is 11.1. The van der Waals surface area contributed by atoms with Gasteiger partial charge in [0.2, 0.25) is 9.84 Å². The number of hydrogen-bond donors (Lipinski definition) is 1. The minimum Gasteiger partial charge on any atom is -0.506 e. The van der Waals surface area contributed by atoms with Gasteiger partial charge in [0.15, 0.2) is 0 Å². The van der Waals surface area contributed by atoms with Crippen molar-refractivity contribution in [2.24, 2.45) is 0 Å². The molecule has 110 valence electrons. The van der Waals surface area contributed by atoms with Gasteiger partial charge in [-0.1, -0.05) is 12.1 Å². The molecule has 0 radical (unpaired) electrons. The van der Waals surface area contributed by atoms with Gasteiger partial charge in [-0.15, -0.1) is 0 Å². The zero-order valence-corrected chi connectivity index (χ0v) is 11.7. The van der Waals surface area contributed by atoms with E-state index in [0.29, 0.717) is 0 Å². The highest BCUT2D eigenvalue weighted by Crippen LogP contribution is 2.35. The number of phenols is 1. The van der Waals surface area contributed by atoms with Crippen LogP contribution in [0.1, 0.15) is 0 Å². The van der Waals surface area contributed by atoms with E-state index in [0.717, 1.165) is 24.3 Å². The molecule has 0 saturated heterocycles. The first-order valence-corrected chi connectivity index (χ1v) is 7.21. The number of methoxy groups -OCH3 is 1. The molecule has 0 spiro atoms. The third-order valence-electron chi connectivity index (χ3n) is 2.81. The van der Waals surface area contributed by atoms with E-state index in [4.69, 9.17) is 4.74 Å². The minimum absolute atomic E-state index is 0.272. The second-order valence-electron chi connectivity index (χ2n) is 4.06. The van der Waals surface area contributed by atoms with E-state index in [1.54, 1.807) is 0 Å². The Morgan fingerprint density at radius 3 is 2.38 bits per heavy atom. The summed E-state index contributed by atoms with van der Waals surface area (Å²) >= 11 is 0. The average molecular weight is 309 g/mol. The molecular formula is C13H11NO6S. The highest BCUT2D eigenvalue weighted by atomic mass is 32.2. The fourth-order valence-corrected chi connectivity index (χ4v) is 3.30. The van der Waals surface area contributed by atoms with Crippen LogP contribution in [0.25, 0.3) is 0 Å². The minimum atomic E-state index is -4.22. The van der Waals surface area contributed by atoms with Crippen LogP contribution in [0.3, 0.4) is 0 Å². The molecule has 0 aromatic heterocycles. The maximum Gasteiger partial charge on any atom is 0.288 e. The summed E-state index contributed by atoms with van der Waals surface area (Å²) in [6.07, 6.45) is 0. The highest BCUT2D eigenvalue weighted by molar-refractivity contribution is 7.91. The van der Waals surface area contributed by atoms with Crippen molar-refractivity contribution in [2.45, 2.75) is 9.79 Å². The third-order valence-corrected chi connectivity index (χ3v) is 4.66. The van der Waals surface area contributed by atoms with Gasteiger partial charge in [-0.3, -0.25) is 10.1 Å². The van der Waals surface area contributed by atoms with Crippen molar-refractivity contribution in [1.29, 1.82) is 0 Å². The zero-order chi connectivity index (χ0) is 15.6. The fourth-order valence-electron chi connectivity index (χ4n) is 1.81. The monoisotopic (exact) mass is 309 g/mol. The van der Waals surface area contributed by atoms with Crippen LogP contribution in [0.15, 0.2) is 52.3 Å². The van der Waals surface area contributed by atoms with E-state index in [-0.39, 0.29) is 5.75 Å². The molecule has 0 heterocycles. The number of aromatic hydroxyl groups is 1. The molecule has 0 bridgehead atoms. The van der Waals surface area contributed by atoms with Gasteiger partial charge in [0, 0.05) is 12.1 Å². The Kier molecular flexibility index (Phi) is 3.81. The molecule has 21 heavy (non-hydrogen) atoms. The van der Waals surface area contributed by atoms with Crippen molar-refractivity contribution in [3.63, 3.8) is 0 Å². The first kappa shape index (κ1) is 14.8. The second kappa shape index (κ2) is 5.41. The maximum absolute atomic E-state index is 12.5. The predicted molar refractivity (Wildman–Crippen MR) is 73.2 cm³/mol. The van der Waals surface area contributed by atoms with Crippen LogP contribution >= 0.6 is 0 Å². The summed E-state index contributed by atoms with van der Waals surface area (Å²) in [6.45, 7) is 0. The van der Waals surface area contributed by atoms with E-state index < -0.39 is 36.0 Å². The topological polar surface area (TPSA) is 107 Å². The Morgan fingerprint density at radius 1 is 1.14 bits per heavy atom. The lowest BCUT2D eigenvalue weighted by molar-refractivity contribution is -0.387. The van der Waals surface area contributed by atoms with Crippen molar-refractivity contribution in [3.05, 3.63) is 52.6 Å². The average Bonchev–Trinajstić information content (AvgIpc) is 2.46. The lowest BCUT2D eigenvalue weighted by Crippen LogP contribution is -2.06. The van der Waals surface area contributed by atoms with Gasteiger partial charge in [0.25, 0.3) is 5.69 Å². The third kappa shape index (κ3) is 2.65. The standard InChI is InChI=1S/C13H11NO6S/c1-20-9-6-7-13(11(15)8-9)21(18,19)12-5-3-2-4-10(12)14(16)17/h2-8,15H,1H3. The van der Waals surface area contributed by atoms with E-state index in [1.807, 2.05) is 0 Å². The smallest absolute Gasteiger partial charge is 0.288 e. The number of ether oxygens (including phenoxy) is 1. The van der Waals surface area contributed by atoms with Gasteiger partial charge < -0.3 is 9.84 Å². The van der Waals surface area contributed by atoms with Crippen LogP contribution < -0.4 is 4.74 Å². The Balaban J connectivity index is 2.66. The number of phenolic OH excluding ortho intramolecular Hbond substituents is 1. The van der Waals surface area contributed by atoms with Crippen LogP contribution in [0.4, 0.5) is 5.69 Å². The first-order valence-electron chi connectivity index (χ1n) is 5.73. The summed E-state index contributed by atoms with van der Waals surface area (Å²) in [7, 11) is -2.85. The molecule has 2 rings (SSSR count). The highest BCUT2D eigenvalue weighted by Gasteiger charge is 2.29. The zero-order valence-electron chi connectivity index (χ0n) is 10.9. The van der Waals surface area contributed by atoms with E-state index in [9.17, 15) is 23.6 Å². The van der Waals surface area contributed by atoms with Gasteiger partial charge in [0.05, 0.1) is 12.0 Å². The SMILES string of the molecule is COc1ccc(S(=O)(=O)c2ccccc2[N+](=O)[O-])c(O)c1. The predicted octanol–water partition coefficient (Wildman–Crippen LogP) is 2.14. The van der Waals surface area contributed by atoms with Gasteiger partial charge in [0.1, 0.15) is 21.3 Å². The molecule has 7 nitrogen and oxygen atoms in total. The molecule has 8 heteroatoms. The number of sulfone groups is 1. The number of nitro groups is 1. The summed E-state index contributed by atoms with van der Waals surface area (Å²) in [4.78, 5) is 9.26. The van der Waals surface area contributed by atoms with E-state index >= 15 is 0 Å². The Bertz CT molecular complexity index is 800. The molecular weight excluding hydrogens is 298 g/mol. The molecule has 0 saturated carbocycles. The summed E-state index contributed by atoms with van der Waals surface area (Å²) in [5.74, 6) is -0.262. The van der Waals surface area contributed by atoms with Gasteiger partial charge >= 0.3 is 0 Å². The molecule has 0 aliphatic heterocycles. The van der Waals surface area contributed by atoms with Crippen molar-refractivity contribution >= 4 is 15.5 Å². The first-order chi connectivity index (χ1) is 9.87. The lowest BCUT2D eigenvalue weighted by atomic mass is 10.3. The largest absolute Gasteiger partial charge is 0.506 e. The molecule has 0 aliphatic rings. The number of hydrogen-bond acceptors (Lipinski definition) is 6. The fraction of sp³-hybridized carbons (Fsp3) is 0.0769. The van der Waals surface area contributed by atoms with Crippen molar-refractivity contribution in [1.82, 2.24) is 0 Å². The van der Waals surface area contributed by atoms with E-state index in [2.05, 4.69) is 0 Å². The summed E-state index contributed by atoms with van der Waals surface area (Å²) < 4.78 is 29.8. The van der Waals surface area contributed by atoms with Gasteiger partial charge in [-0.25, -0.2) is 8.42 Å². The number of para-hydroxylation sites is 1. The molecule has 0 atom stereocenters. The van der Waals surface area contributed by atoms with Crippen LogP contribution in [0, 0.1) is 10.1 Å². The summed E-state index contributed by atoms with van der Waals surface area (Å²) in [5.41, 5.74) is -0.548. The second-order valence-corrected chi connectivity index (χ2v) is 5.95. The summed E-state index contributed by atoms with van der Waals surface area (Å²) in [5, 5.41) is 20.8. The molecule has 2 aromatic rings. The van der Waals surface area contributed by atoms with Gasteiger partial charge in [-0.2, -0.15) is 0 Å². The van der Waals surface area contributed by atoms with Crippen LogP contribution in [0.2, 0.25) is 0 Å². The molecule has 2 aromatic carbocycles. The Labute approximate surface area is 120 Å². The quantitative estimate of drug-likeness (QED) is 0.685. The van der Waals surface area contributed by atoms with E-state index in [1.165, 1.54) is 25.3 Å². The van der Waals surface area contributed by atoms with Crippen LogP contribution in [-0.2, 0) is 9.84 Å². The summed E-state index contributed by atoms with van der Waals surface area (Å²) in [6, 6.07) is 8.57. The number of benzene rings is 2. The molecule has 0 amide bonds. The van der Waals surface area contributed by atoms with Crippen molar-refractivity contribution < 1.29 is 23.2 Å². The molecule has 0 aliphatic carbocycles. The van der Waals surface area contributed by atoms with Crippen LogP contribution in [-0.4, -0.2) is 25.6 Å². The number of nitrogens with zero attached hydrogens (tertiary/aromatic N) is 1. The lowest BCUT2D eigenvalue weighted by Gasteiger charge is -2.08. The Hall–Kier alpha value is -2.61. The van der Waals surface area contributed by atoms with Crippen molar-refractivity contribution in [3.8, 4) is 11.5 Å². The number of nitro benzene ring substituents is 1. The van der Waals surface area contributed by atoms with Crippen molar-refractivity contribution in [2.75, 3.05) is 7.11 Å². The number of rotatable bonds is 4. The molecule has 1 N–H and O–H groups in total.